The van der Waals surface area contributed by atoms with E-state index in [1.165, 1.54) is 64.2 Å². The first kappa shape index (κ1) is 39.4. The Balaban J connectivity index is 4.43. The first-order valence-electron chi connectivity index (χ1n) is 16.5. The summed E-state index contributed by atoms with van der Waals surface area (Å²) in [6.45, 7) is 6.37. The average Bonchev–Trinajstić information content (AvgIpc) is 2.94. The quantitative estimate of drug-likeness (QED) is 0.0533. The number of Topliss-reactive ketones (excluding diaryl/α,β-unsaturated/α-hetero) is 1. The van der Waals surface area contributed by atoms with Crippen molar-refractivity contribution in [2.75, 3.05) is 20.1 Å². The van der Waals surface area contributed by atoms with Gasteiger partial charge in [-0.3, -0.25) is 24.2 Å². The molecule has 0 radical (unpaired) electrons. The zero-order chi connectivity index (χ0) is 31.6. The van der Waals surface area contributed by atoms with E-state index in [1.54, 1.807) is 7.05 Å². The molecule has 0 aromatic carbocycles. The highest BCUT2D eigenvalue weighted by Gasteiger charge is 2.27. The smallest absolute Gasteiger partial charge is 0.239 e. The van der Waals surface area contributed by atoms with Crippen molar-refractivity contribution in [3.05, 3.63) is 0 Å². The number of carbonyl (C=O) groups is 4. The molecule has 0 saturated heterocycles. The monoisotopic (exact) mass is 594 g/mol. The van der Waals surface area contributed by atoms with E-state index >= 15 is 0 Å². The lowest BCUT2D eigenvalue weighted by atomic mass is 9.89. The molecule has 10 nitrogen and oxygen atoms in total. The molecule has 0 aliphatic heterocycles. The number of carbonyl (C=O) groups excluding carboxylic acids is 4. The Kier molecular flexibility index (Phi) is 24.4. The van der Waals surface area contributed by atoms with Crippen LogP contribution in [0.25, 0.3) is 0 Å². The largest absolute Gasteiger partial charge is 0.370 e. The number of nitrogens with zero attached hydrogens (tertiary/aromatic N) is 1. The fraction of sp³-hybridized carbons (Fsp3) is 0.844. The van der Waals surface area contributed by atoms with Crippen LogP contribution < -0.4 is 27.4 Å². The van der Waals surface area contributed by atoms with Crippen LogP contribution in [0.1, 0.15) is 136 Å². The van der Waals surface area contributed by atoms with E-state index in [2.05, 4.69) is 27.9 Å². The third-order valence-electron chi connectivity index (χ3n) is 7.44. The minimum absolute atomic E-state index is 0.0243. The lowest BCUT2D eigenvalue weighted by Crippen LogP contribution is -2.46. The number of guanidine groups is 1. The SMILES string of the molecule is CCCCCCCCCCCCCCCC(=O)NCC(=O)N[C@@H](CCCN=C(N)N)C(=O)C[C@@H](CC(C)C)C(=O)NC. The number of unbranched alkanes of at least 4 members (excludes halogenated alkanes) is 12. The number of hydrogen-bond donors (Lipinski definition) is 5. The molecule has 42 heavy (non-hydrogen) atoms. The molecule has 0 fully saturated rings. The summed E-state index contributed by atoms with van der Waals surface area (Å²) >= 11 is 0. The number of nitrogens with two attached hydrogens (primary N) is 2. The molecular formula is C32H62N6O4. The number of amides is 3. The second-order valence-corrected chi connectivity index (χ2v) is 11.9. The molecule has 0 heterocycles. The van der Waals surface area contributed by atoms with E-state index in [0.29, 0.717) is 32.2 Å². The Labute approximate surface area is 255 Å². The molecule has 0 aliphatic carbocycles. The highest BCUT2D eigenvalue weighted by molar-refractivity contribution is 5.93. The summed E-state index contributed by atoms with van der Waals surface area (Å²) < 4.78 is 0. The molecule has 0 aliphatic rings. The molecule has 7 N–H and O–H groups in total. The summed E-state index contributed by atoms with van der Waals surface area (Å²) in [5.74, 6) is -1.29. The van der Waals surface area contributed by atoms with E-state index < -0.39 is 17.9 Å². The van der Waals surface area contributed by atoms with Gasteiger partial charge in [-0.25, -0.2) is 0 Å². The molecule has 3 amide bonds. The Hall–Kier alpha value is -2.65. The average molecular weight is 595 g/mol. The highest BCUT2D eigenvalue weighted by atomic mass is 16.2. The van der Waals surface area contributed by atoms with Crippen molar-refractivity contribution < 1.29 is 19.2 Å². The molecule has 0 spiro atoms. The molecule has 0 aromatic heterocycles. The normalized spacial score (nSPS) is 12.4. The second-order valence-electron chi connectivity index (χ2n) is 11.9. The number of ketones is 1. The number of rotatable bonds is 27. The minimum Gasteiger partial charge on any atom is -0.370 e. The van der Waals surface area contributed by atoms with Gasteiger partial charge in [0.15, 0.2) is 11.7 Å². The lowest BCUT2D eigenvalue weighted by molar-refractivity contribution is -0.132. The lowest BCUT2D eigenvalue weighted by Gasteiger charge is -2.22. The van der Waals surface area contributed by atoms with E-state index in [4.69, 9.17) is 11.5 Å². The maximum atomic E-state index is 13.1. The van der Waals surface area contributed by atoms with Crippen molar-refractivity contribution >= 4 is 29.5 Å². The van der Waals surface area contributed by atoms with Crippen LogP contribution in [-0.4, -0.2) is 55.6 Å². The number of hydrogen-bond acceptors (Lipinski definition) is 5. The molecule has 0 aromatic rings. The maximum absolute atomic E-state index is 13.1. The van der Waals surface area contributed by atoms with Crippen LogP contribution in [0.15, 0.2) is 4.99 Å². The Morgan fingerprint density at radius 2 is 1.31 bits per heavy atom. The molecular weight excluding hydrogens is 532 g/mol. The molecule has 0 unspecified atom stereocenters. The molecule has 0 rings (SSSR count). The molecule has 2 atom stereocenters. The van der Waals surface area contributed by atoms with E-state index in [0.717, 1.165) is 19.3 Å². The number of nitrogens with one attached hydrogen (secondary N) is 3. The van der Waals surface area contributed by atoms with Crippen molar-refractivity contribution in [3.8, 4) is 0 Å². The third kappa shape index (κ3) is 23.0. The Morgan fingerprint density at radius 1 is 0.762 bits per heavy atom. The van der Waals surface area contributed by atoms with Crippen LogP contribution in [0.5, 0.6) is 0 Å². The highest BCUT2D eigenvalue weighted by Crippen LogP contribution is 2.18. The van der Waals surface area contributed by atoms with Crippen LogP contribution in [0.2, 0.25) is 0 Å². The standard InChI is InChI=1S/C32H62N6O4/c1-5-6-7-8-9-10-11-12-13-14-15-16-17-20-29(40)37-24-30(41)38-27(19-18-21-36-32(33)34)28(39)23-26(22-25(2)3)31(42)35-4/h25-27H,5-24H2,1-4H3,(H,35,42)(H,37,40)(H,38,41)(H4,33,34,36)/t26-,27+/m1/s1. The summed E-state index contributed by atoms with van der Waals surface area (Å²) in [5, 5.41) is 8.04. The summed E-state index contributed by atoms with van der Waals surface area (Å²) in [4.78, 5) is 54.3. The van der Waals surface area contributed by atoms with Gasteiger partial charge in [0.05, 0.1) is 12.6 Å². The van der Waals surface area contributed by atoms with Crippen LogP contribution in [0.3, 0.4) is 0 Å². The molecule has 10 heteroatoms. The van der Waals surface area contributed by atoms with Crippen LogP contribution in [-0.2, 0) is 19.2 Å². The molecule has 0 saturated carbocycles. The van der Waals surface area contributed by atoms with Gasteiger partial charge in [-0.05, 0) is 31.6 Å². The molecule has 0 bridgehead atoms. The molecule has 244 valence electrons. The predicted octanol–water partition coefficient (Wildman–Crippen LogP) is 4.49. The minimum atomic E-state index is -0.788. The summed E-state index contributed by atoms with van der Waals surface area (Å²) in [7, 11) is 1.55. The maximum Gasteiger partial charge on any atom is 0.239 e. The van der Waals surface area contributed by atoms with Gasteiger partial charge in [-0.2, -0.15) is 0 Å². The van der Waals surface area contributed by atoms with Crippen LogP contribution in [0, 0.1) is 11.8 Å². The van der Waals surface area contributed by atoms with Gasteiger partial charge in [0.1, 0.15) is 0 Å². The van der Waals surface area contributed by atoms with E-state index in [1.807, 2.05) is 13.8 Å². The zero-order valence-electron chi connectivity index (χ0n) is 27.1. The summed E-state index contributed by atoms with van der Waals surface area (Å²) in [6, 6.07) is -0.788. The van der Waals surface area contributed by atoms with Gasteiger partial charge in [0.2, 0.25) is 17.7 Å². The van der Waals surface area contributed by atoms with Gasteiger partial charge in [0.25, 0.3) is 0 Å². The topological polar surface area (TPSA) is 169 Å². The number of aliphatic imine (C=N–C) groups is 1. The first-order chi connectivity index (χ1) is 20.1. The Bertz CT molecular complexity index is 783. The zero-order valence-corrected chi connectivity index (χ0v) is 27.1. The van der Waals surface area contributed by atoms with Gasteiger partial charge >= 0.3 is 0 Å². The van der Waals surface area contributed by atoms with Crippen molar-refractivity contribution in [3.63, 3.8) is 0 Å². The third-order valence-corrected chi connectivity index (χ3v) is 7.44. The second kappa shape index (κ2) is 26.0. The van der Waals surface area contributed by atoms with Crippen molar-refractivity contribution in [1.29, 1.82) is 0 Å². The summed E-state index contributed by atoms with van der Waals surface area (Å²) in [5.41, 5.74) is 10.8. The van der Waals surface area contributed by atoms with Crippen LogP contribution in [0.4, 0.5) is 0 Å². The van der Waals surface area contributed by atoms with Crippen molar-refractivity contribution in [2.24, 2.45) is 28.3 Å². The fourth-order valence-corrected chi connectivity index (χ4v) is 5.07. The van der Waals surface area contributed by atoms with E-state index in [-0.39, 0.29) is 42.4 Å². The van der Waals surface area contributed by atoms with Gasteiger partial charge in [-0.1, -0.05) is 97.8 Å². The first-order valence-corrected chi connectivity index (χ1v) is 16.5. The van der Waals surface area contributed by atoms with Crippen molar-refractivity contribution in [2.45, 2.75) is 142 Å². The summed E-state index contributed by atoms with van der Waals surface area (Å²) in [6.07, 6.45) is 17.9. The predicted molar refractivity (Wildman–Crippen MR) is 172 cm³/mol. The van der Waals surface area contributed by atoms with Gasteiger partial charge in [-0.15, -0.1) is 0 Å². The fourth-order valence-electron chi connectivity index (χ4n) is 5.07. The van der Waals surface area contributed by atoms with Gasteiger partial charge < -0.3 is 27.4 Å². The van der Waals surface area contributed by atoms with E-state index in [9.17, 15) is 19.2 Å². The Morgan fingerprint density at radius 3 is 1.81 bits per heavy atom. The van der Waals surface area contributed by atoms with Crippen LogP contribution >= 0.6 is 0 Å². The van der Waals surface area contributed by atoms with Crippen molar-refractivity contribution in [1.82, 2.24) is 16.0 Å². The van der Waals surface area contributed by atoms with Gasteiger partial charge in [0, 0.05) is 32.4 Å².